The van der Waals surface area contributed by atoms with E-state index in [-0.39, 0.29) is 0 Å². The Morgan fingerprint density at radius 3 is 2.00 bits per heavy atom. The molecule has 80 valence electrons. The molecule has 0 heterocycles. The molecule has 0 saturated heterocycles. The summed E-state index contributed by atoms with van der Waals surface area (Å²) in [5.41, 5.74) is 2.27. The summed E-state index contributed by atoms with van der Waals surface area (Å²) in [6, 6.07) is 6.18. The first kappa shape index (κ1) is 11.6. The molecule has 1 heteroatoms. The number of ether oxygens (including phenoxy) is 1. The lowest BCUT2D eigenvalue weighted by molar-refractivity contribution is 0.339. The zero-order valence-electron chi connectivity index (χ0n) is 9.66. The highest BCUT2D eigenvalue weighted by Crippen LogP contribution is 2.26. The maximum absolute atomic E-state index is 5.67. The molecule has 1 aromatic carbocycles. The molecule has 1 nitrogen and oxygen atoms in total. The Hall–Kier alpha value is -1.50. The van der Waals surface area contributed by atoms with Crippen LogP contribution in [0.5, 0.6) is 5.75 Å². The van der Waals surface area contributed by atoms with Gasteiger partial charge in [-0.15, -0.1) is 0 Å². The summed E-state index contributed by atoms with van der Waals surface area (Å²) in [5, 5.41) is 0. The van der Waals surface area contributed by atoms with E-state index in [2.05, 4.69) is 24.3 Å². The largest absolute Gasteiger partial charge is 0.493 e. The van der Waals surface area contributed by atoms with Crippen LogP contribution in [0.3, 0.4) is 0 Å². The normalized spacial score (nSPS) is 11.4. The van der Waals surface area contributed by atoms with Crippen molar-refractivity contribution in [1.82, 2.24) is 0 Å². The topological polar surface area (TPSA) is 9.23 Å². The second-order valence-corrected chi connectivity index (χ2v) is 3.20. The summed E-state index contributed by atoms with van der Waals surface area (Å²) < 4.78 is 5.67. The molecule has 0 saturated carbocycles. The van der Waals surface area contributed by atoms with Gasteiger partial charge in [0.05, 0.1) is 6.61 Å². The average Bonchev–Trinajstić information content (AvgIpc) is 2.23. The predicted octanol–water partition coefficient (Wildman–Crippen LogP) is 4.15. The zero-order valence-corrected chi connectivity index (χ0v) is 9.66. The Labute approximate surface area is 92.1 Å². The second-order valence-electron chi connectivity index (χ2n) is 3.20. The van der Waals surface area contributed by atoms with Crippen LogP contribution in [-0.2, 0) is 0 Å². The Morgan fingerprint density at radius 2 is 1.60 bits per heavy atom. The summed E-state index contributed by atoms with van der Waals surface area (Å²) in [6.07, 6.45) is 8.19. The van der Waals surface area contributed by atoms with Gasteiger partial charge in [0.1, 0.15) is 5.75 Å². The highest BCUT2D eigenvalue weighted by Gasteiger charge is 2.04. The molecule has 0 spiro atoms. The maximum atomic E-state index is 5.67. The van der Waals surface area contributed by atoms with Gasteiger partial charge in [0.15, 0.2) is 0 Å². The molecular weight excluding hydrogens is 184 g/mol. The lowest BCUT2D eigenvalue weighted by Crippen LogP contribution is -1.96. The number of benzene rings is 1. The molecule has 0 unspecified atom stereocenters. The first-order valence-electron chi connectivity index (χ1n) is 5.34. The molecule has 15 heavy (non-hydrogen) atoms. The van der Waals surface area contributed by atoms with E-state index in [0.717, 1.165) is 16.9 Å². The molecule has 0 atom stereocenters. The minimum atomic E-state index is 0.694. The van der Waals surface area contributed by atoms with Crippen molar-refractivity contribution in [3.63, 3.8) is 0 Å². The van der Waals surface area contributed by atoms with Gasteiger partial charge in [-0.25, -0.2) is 0 Å². The van der Waals surface area contributed by atoms with E-state index in [1.165, 1.54) is 0 Å². The monoisotopic (exact) mass is 202 g/mol. The predicted molar refractivity (Wildman–Crippen MR) is 67.0 cm³/mol. The Bertz CT molecular complexity index is 331. The number of para-hydroxylation sites is 1. The van der Waals surface area contributed by atoms with Gasteiger partial charge in [0.2, 0.25) is 0 Å². The van der Waals surface area contributed by atoms with Crippen LogP contribution in [0.15, 0.2) is 30.4 Å². The summed E-state index contributed by atoms with van der Waals surface area (Å²) in [4.78, 5) is 0. The van der Waals surface area contributed by atoms with Gasteiger partial charge in [-0.2, -0.15) is 0 Å². The van der Waals surface area contributed by atoms with Crippen LogP contribution in [0.4, 0.5) is 0 Å². The van der Waals surface area contributed by atoms with E-state index >= 15 is 0 Å². The highest BCUT2D eigenvalue weighted by atomic mass is 16.5. The van der Waals surface area contributed by atoms with Gasteiger partial charge in [-0.3, -0.25) is 0 Å². The van der Waals surface area contributed by atoms with Crippen LogP contribution in [0.1, 0.15) is 31.9 Å². The van der Waals surface area contributed by atoms with E-state index in [1.807, 2.05) is 39.0 Å². The molecule has 0 amide bonds. The fourth-order valence-electron chi connectivity index (χ4n) is 1.51. The standard InChI is InChI=1S/C14H18O/c1-4-8-12-10-7-11-13(9-5-2)14(12)15-6-3/h4-5,7-11H,6H2,1-3H3/b8-4+,9-5+. The summed E-state index contributed by atoms with van der Waals surface area (Å²) in [7, 11) is 0. The first-order valence-corrected chi connectivity index (χ1v) is 5.34. The SMILES string of the molecule is C/C=C/c1cccc(/C=C/C)c1OCC. The molecule has 0 fully saturated rings. The minimum Gasteiger partial charge on any atom is -0.493 e. The third-order valence-corrected chi connectivity index (χ3v) is 2.06. The maximum Gasteiger partial charge on any atom is 0.133 e. The number of hydrogen-bond acceptors (Lipinski definition) is 1. The van der Waals surface area contributed by atoms with Gasteiger partial charge in [0, 0.05) is 11.1 Å². The van der Waals surface area contributed by atoms with E-state index in [9.17, 15) is 0 Å². The van der Waals surface area contributed by atoms with Crippen LogP contribution in [0.25, 0.3) is 12.2 Å². The quantitative estimate of drug-likeness (QED) is 0.712. The van der Waals surface area contributed by atoms with Crippen molar-refractivity contribution in [2.75, 3.05) is 6.61 Å². The molecule has 0 radical (unpaired) electrons. The smallest absolute Gasteiger partial charge is 0.133 e. The number of rotatable bonds is 4. The van der Waals surface area contributed by atoms with Crippen molar-refractivity contribution in [3.05, 3.63) is 41.5 Å². The first-order chi connectivity index (χ1) is 7.33. The second kappa shape index (κ2) is 6.07. The summed E-state index contributed by atoms with van der Waals surface area (Å²) in [6.45, 7) is 6.72. The number of hydrogen-bond donors (Lipinski definition) is 0. The van der Waals surface area contributed by atoms with Gasteiger partial charge >= 0.3 is 0 Å². The van der Waals surface area contributed by atoms with Crippen molar-refractivity contribution in [1.29, 1.82) is 0 Å². The lowest BCUT2D eigenvalue weighted by Gasteiger charge is -2.10. The Morgan fingerprint density at radius 1 is 1.07 bits per heavy atom. The van der Waals surface area contributed by atoms with E-state index in [4.69, 9.17) is 4.74 Å². The fraction of sp³-hybridized carbons (Fsp3) is 0.286. The Balaban J connectivity index is 3.20. The van der Waals surface area contributed by atoms with Crippen molar-refractivity contribution in [2.45, 2.75) is 20.8 Å². The third-order valence-electron chi connectivity index (χ3n) is 2.06. The minimum absolute atomic E-state index is 0.694. The van der Waals surface area contributed by atoms with Crippen LogP contribution >= 0.6 is 0 Å². The molecule has 0 bridgehead atoms. The van der Waals surface area contributed by atoms with Crippen LogP contribution < -0.4 is 4.74 Å². The zero-order chi connectivity index (χ0) is 11.1. The molecule has 0 N–H and O–H groups in total. The fourth-order valence-corrected chi connectivity index (χ4v) is 1.51. The van der Waals surface area contributed by atoms with Gasteiger partial charge in [0.25, 0.3) is 0 Å². The third kappa shape index (κ3) is 2.98. The highest BCUT2D eigenvalue weighted by molar-refractivity contribution is 5.67. The average molecular weight is 202 g/mol. The van der Waals surface area contributed by atoms with Gasteiger partial charge < -0.3 is 4.74 Å². The van der Waals surface area contributed by atoms with Gasteiger partial charge in [-0.05, 0) is 20.8 Å². The summed E-state index contributed by atoms with van der Waals surface area (Å²) >= 11 is 0. The number of allylic oxidation sites excluding steroid dienone is 2. The molecule has 0 aliphatic heterocycles. The summed E-state index contributed by atoms with van der Waals surface area (Å²) in [5.74, 6) is 0.969. The van der Waals surface area contributed by atoms with Crippen molar-refractivity contribution >= 4 is 12.2 Å². The molecule has 0 aromatic heterocycles. The van der Waals surface area contributed by atoms with Crippen LogP contribution in [0.2, 0.25) is 0 Å². The van der Waals surface area contributed by atoms with E-state index < -0.39 is 0 Å². The van der Waals surface area contributed by atoms with E-state index in [0.29, 0.717) is 6.61 Å². The van der Waals surface area contributed by atoms with Crippen molar-refractivity contribution < 1.29 is 4.74 Å². The van der Waals surface area contributed by atoms with Crippen molar-refractivity contribution in [2.24, 2.45) is 0 Å². The molecular formula is C14H18O. The van der Waals surface area contributed by atoms with Crippen molar-refractivity contribution in [3.8, 4) is 5.75 Å². The van der Waals surface area contributed by atoms with Crippen LogP contribution in [-0.4, -0.2) is 6.61 Å². The van der Waals surface area contributed by atoms with Gasteiger partial charge in [-0.1, -0.05) is 42.5 Å². The Kier molecular flexibility index (Phi) is 4.69. The lowest BCUT2D eigenvalue weighted by atomic mass is 10.1. The molecule has 1 aromatic rings. The molecule has 1 rings (SSSR count). The molecule has 0 aliphatic rings. The van der Waals surface area contributed by atoms with E-state index in [1.54, 1.807) is 0 Å². The van der Waals surface area contributed by atoms with Crippen LogP contribution in [0, 0.1) is 0 Å². The molecule has 0 aliphatic carbocycles.